The van der Waals surface area contributed by atoms with Crippen LogP contribution in [0.1, 0.15) is 5.56 Å². The summed E-state index contributed by atoms with van der Waals surface area (Å²) in [5.74, 6) is -0.297. The van der Waals surface area contributed by atoms with E-state index < -0.39 is 0 Å². The van der Waals surface area contributed by atoms with Crippen LogP contribution < -0.4 is 15.9 Å². The largest absolute Gasteiger partial charge is 0.301 e. The first-order valence-electron chi connectivity index (χ1n) is 8.33. The highest BCUT2D eigenvalue weighted by Crippen LogP contribution is 2.28. The number of nitrogens with zero attached hydrogens (tertiary/aromatic N) is 3. The van der Waals surface area contributed by atoms with Gasteiger partial charge in [-0.2, -0.15) is 10.1 Å². The Labute approximate surface area is 160 Å². The van der Waals surface area contributed by atoms with Crippen LogP contribution >= 0.6 is 11.3 Å². The molecule has 2 N–H and O–H groups in total. The van der Waals surface area contributed by atoms with Crippen LogP contribution in [-0.2, 0) is 4.79 Å². The van der Waals surface area contributed by atoms with Gasteiger partial charge in [-0.25, -0.2) is 4.98 Å². The summed E-state index contributed by atoms with van der Waals surface area (Å²) < 4.78 is 0. The number of hydrogen-bond donors (Lipinski definition) is 2. The zero-order chi connectivity index (χ0) is 18.8. The molecule has 6 nitrogen and oxygen atoms in total. The smallest absolute Gasteiger partial charge is 0.287 e. The third-order valence-corrected chi connectivity index (χ3v) is 4.83. The standard InChI is InChI=1S/C20H17N5OS/c1-13-7-6-10-16(11-13)22-23-18-14(2)24-25(19(18)26)20-21-17(12-27-20)15-8-4-3-5-9-15/h3-12,22,24H,2H2,1H3/b23-18-. The fraction of sp³-hybridized carbons (Fsp3) is 0.0500. The first-order chi connectivity index (χ1) is 13.1. The number of amides is 1. The summed E-state index contributed by atoms with van der Waals surface area (Å²) in [4.78, 5) is 17.3. The second-order valence-corrected chi connectivity index (χ2v) is 6.89. The maximum Gasteiger partial charge on any atom is 0.301 e. The zero-order valence-electron chi connectivity index (χ0n) is 14.6. The predicted octanol–water partition coefficient (Wildman–Crippen LogP) is 3.95. The number of carbonyl (C=O) groups excluding carboxylic acids is 1. The first-order valence-corrected chi connectivity index (χ1v) is 9.21. The van der Waals surface area contributed by atoms with Gasteiger partial charge in [0.15, 0.2) is 5.71 Å². The summed E-state index contributed by atoms with van der Waals surface area (Å²) in [6.07, 6.45) is 0. The van der Waals surface area contributed by atoms with Gasteiger partial charge in [-0.05, 0) is 24.6 Å². The minimum Gasteiger partial charge on any atom is -0.287 e. The molecular weight excluding hydrogens is 358 g/mol. The Bertz CT molecular complexity index is 1040. The van der Waals surface area contributed by atoms with Crippen molar-refractivity contribution in [1.29, 1.82) is 0 Å². The van der Waals surface area contributed by atoms with Crippen LogP contribution in [-0.4, -0.2) is 16.6 Å². The van der Waals surface area contributed by atoms with Crippen LogP contribution in [0.15, 0.2) is 77.4 Å². The summed E-state index contributed by atoms with van der Waals surface area (Å²) in [5.41, 5.74) is 10.3. The van der Waals surface area contributed by atoms with Gasteiger partial charge in [0.25, 0.3) is 0 Å². The van der Waals surface area contributed by atoms with E-state index >= 15 is 0 Å². The molecule has 4 rings (SSSR count). The number of aryl methyl sites for hydroxylation is 1. The fourth-order valence-electron chi connectivity index (χ4n) is 2.67. The number of hydrogen-bond acceptors (Lipinski definition) is 6. The van der Waals surface area contributed by atoms with Gasteiger partial charge >= 0.3 is 5.91 Å². The molecule has 0 bridgehead atoms. The average Bonchev–Trinajstić information content (AvgIpc) is 3.26. The van der Waals surface area contributed by atoms with E-state index in [9.17, 15) is 4.79 Å². The van der Waals surface area contributed by atoms with Gasteiger partial charge in [-0.1, -0.05) is 49.0 Å². The number of hydrazine groups is 1. The monoisotopic (exact) mass is 375 g/mol. The fourth-order valence-corrected chi connectivity index (χ4v) is 3.46. The van der Waals surface area contributed by atoms with Crippen molar-refractivity contribution in [3.63, 3.8) is 0 Å². The van der Waals surface area contributed by atoms with E-state index in [4.69, 9.17) is 0 Å². The molecule has 134 valence electrons. The molecule has 0 atom stereocenters. The van der Waals surface area contributed by atoms with Crippen LogP contribution in [0.25, 0.3) is 11.3 Å². The number of benzene rings is 2. The molecule has 1 fully saturated rings. The Morgan fingerprint density at radius 1 is 1.19 bits per heavy atom. The number of hydrazone groups is 1. The van der Waals surface area contributed by atoms with E-state index in [1.54, 1.807) is 0 Å². The summed E-state index contributed by atoms with van der Waals surface area (Å²) in [6, 6.07) is 17.6. The van der Waals surface area contributed by atoms with E-state index in [1.807, 2.05) is 66.9 Å². The van der Waals surface area contributed by atoms with Crippen molar-refractivity contribution in [2.24, 2.45) is 5.10 Å². The molecule has 27 heavy (non-hydrogen) atoms. The van der Waals surface area contributed by atoms with Crippen molar-refractivity contribution in [1.82, 2.24) is 10.4 Å². The summed E-state index contributed by atoms with van der Waals surface area (Å²) >= 11 is 1.38. The lowest BCUT2D eigenvalue weighted by molar-refractivity contribution is -0.112. The molecule has 7 heteroatoms. The number of thiazole rings is 1. The Balaban J connectivity index is 1.54. The highest BCUT2D eigenvalue weighted by molar-refractivity contribution is 7.14. The lowest BCUT2D eigenvalue weighted by atomic mass is 10.2. The lowest BCUT2D eigenvalue weighted by Crippen LogP contribution is -2.34. The van der Waals surface area contributed by atoms with Gasteiger partial charge in [0.1, 0.15) is 0 Å². The highest BCUT2D eigenvalue weighted by atomic mass is 32.1. The Morgan fingerprint density at radius 2 is 2.00 bits per heavy atom. The maximum absolute atomic E-state index is 12.7. The third-order valence-electron chi connectivity index (χ3n) is 4.01. The molecule has 1 aliphatic rings. The van der Waals surface area contributed by atoms with Crippen molar-refractivity contribution in [3.05, 3.63) is 77.8 Å². The summed E-state index contributed by atoms with van der Waals surface area (Å²) in [6.45, 7) is 5.88. The third kappa shape index (κ3) is 3.45. The zero-order valence-corrected chi connectivity index (χ0v) is 15.5. The van der Waals surface area contributed by atoms with Crippen molar-refractivity contribution < 1.29 is 4.79 Å². The Morgan fingerprint density at radius 3 is 2.78 bits per heavy atom. The highest BCUT2D eigenvalue weighted by Gasteiger charge is 2.34. The van der Waals surface area contributed by atoms with E-state index in [2.05, 4.69) is 27.5 Å². The molecule has 1 saturated heterocycles. The van der Waals surface area contributed by atoms with Gasteiger partial charge in [-0.15, -0.1) is 11.3 Å². The molecule has 3 aromatic rings. The molecule has 0 saturated carbocycles. The van der Waals surface area contributed by atoms with Crippen molar-refractivity contribution in [3.8, 4) is 11.3 Å². The first kappa shape index (κ1) is 17.0. The second kappa shape index (κ2) is 7.05. The molecule has 0 aliphatic carbocycles. The normalized spacial score (nSPS) is 15.3. The van der Waals surface area contributed by atoms with Crippen LogP contribution in [0.3, 0.4) is 0 Å². The molecule has 1 amide bonds. The summed E-state index contributed by atoms with van der Waals surface area (Å²) in [5, 5.41) is 8.06. The SMILES string of the molecule is C=C1NN(c2nc(-c3ccccc3)cs2)C(=O)/C1=N\Nc1cccc(C)c1. The van der Waals surface area contributed by atoms with Gasteiger partial charge in [-0.3, -0.25) is 15.6 Å². The molecule has 2 heterocycles. The molecule has 1 aliphatic heterocycles. The van der Waals surface area contributed by atoms with Crippen LogP contribution in [0, 0.1) is 6.92 Å². The van der Waals surface area contributed by atoms with E-state index in [1.165, 1.54) is 16.3 Å². The van der Waals surface area contributed by atoms with Gasteiger partial charge in [0.2, 0.25) is 5.13 Å². The predicted molar refractivity (Wildman–Crippen MR) is 110 cm³/mol. The second-order valence-electron chi connectivity index (χ2n) is 6.05. The van der Waals surface area contributed by atoms with E-state index in [-0.39, 0.29) is 11.6 Å². The molecule has 1 aromatic heterocycles. The van der Waals surface area contributed by atoms with E-state index in [0.717, 1.165) is 22.5 Å². The molecule has 2 aromatic carbocycles. The van der Waals surface area contributed by atoms with Crippen molar-refractivity contribution >= 4 is 33.8 Å². The maximum atomic E-state index is 12.7. The number of rotatable bonds is 4. The minimum absolute atomic E-state index is 0.230. The Kier molecular flexibility index (Phi) is 4.43. The number of aromatic nitrogens is 1. The molecular formula is C20H17N5OS. The molecule has 0 unspecified atom stereocenters. The van der Waals surface area contributed by atoms with Crippen molar-refractivity contribution in [2.75, 3.05) is 10.4 Å². The van der Waals surface area contributed by atoms with Crippen LogP contribution in [0.2, 0.25) is 0 Å². The van der Waals surface area contributed by atoms with Crippen LogP contribution in [0.5, 0.6) is 0 Å². The molecule has 0 spiro atoms. The molecule has 0 radical (unpaired) electrons. The van der Waals surface area contributed by atoms with Gasteiger partial charge in [0.05, 0.1) is 17.1 Å². The Hall–Kier alpha value is -3.45. The topological polar surface area (TPSA) is 69.6 Å². The van der Waals surface area contributed by atoms with Gasteiger partial charge in [0, 0.05) is 10.9 Å². The van der Waals surface area contributed by atoms with Crippen LogP contribution in [0.4, 0.5) is 10.8 Å². The summed E-state index contributed by atoms with van der Waals surface area (Å²) in [7, 11) is 0. The quantitative estimate of drug-likeness (QED) is 0.678. The minimum atomic E-state index is -0.297. The number of anilines is 2. The number of carbonyl (C=O) groups is 1. The lowest BCUT2D eigenvalue weighted by Gasteiger charge is -2.10. The van der Waals surface area contributed by atoms with Crippen molar-refractivity contribution in [2.45, 2.75) is 6.92 Å². The number of nitrogens with one attached hydrogen (secondary N) is 2. The van der Waals surface area contributed by atoms with Gasteiger partial charge < -0.3 is 0 Å². The van der Waals surface area contributed by atoms with E-state index in [0.29, 0.717) is 10.8 Å². The average molecular weight is 375 g/mol.